The van der Waals surface area contributed by atoms with Gasteiger partial charge < -0.3 is 10.1 Å². The van der Waals surface area contributed by atoms with Crippen molar-refractivity contribution in [2.75, 3.05) is 13.7 Å². The van der Waals surface area contributed by atoms with Gasteiger partial charge in [-0.25, -0.2) is 0 Å². The van der Waals surface area contributed by atoms with Crippen LogP contribution in [-0.2, 0) is 9.53 Å². The van der Waals surface area contributed by atoms with E-state index in [1.54, 1.807) is 0 Å². The molecule has 12 heavy (non-hydrogen) atoms. The van der Waals surface area contributed by atoms with E-state index >= 15 is 0 Å². The molecule has 0 heterocycles. The second kappa shape index (κ2) is 6.85. The molecule has 70 valence electrons. The minimum absolute atomic E-state index is 0.171. The Morgan fingerprint density at radius 3 is 2.83 bits per heavy atom. The Morgan fingerprint density at radius 2 is 2.42 bits per heavy atom. The summed E-state index contributed by atoms with van der Waals surface area (Å²) in [6, 6.07) is -0.171. The Morgan fingerprint density at radius 1 is 1.75 bits per heavy atom. The molecule has 0 spiro atoms. The normalized spacial score (nSPS) is 12.2. The monoisotopic (exact) mass is 171 g/mol. The molecule has 0 saturated carbocycles. The first-order valence-electron chi connectivity index (χ1n) is 4.18. The van der Waals surface area contributed by atoms with E-state index in [9.17, 15) is 4.79 Å². The molecule has 1 N–H and O–H groups in total. The SMILES string of the molecule is C=CCCNC(CC)C(=O)OC. The van der Waals surface area contributed by atoms with Crippen LogP contribution in [0.25, 0.3) is 0 Å². The topological polar surface area (TPSA) is 38.3 Å². The van der Waals surface area contributed by atoms with Crippen LogP contribution in [0.15, 0.2) is 12.7 Å². The second-order valence-electron chi connectivity index (χ2n) is 2.52. The summed E-state index contributed by atoms with van der Waals surface area (Å²) in [7, 11) is 1.40. The Bertz CT molecular complexity index is 145. The van der Waals surface area contributed by atoms with Crippen LogP contribution < -0.4 is 5.32 Å². The summed E-state index contributed by atoms with van der Waals surface area (Å²) in [4.78, 5) is 11.0. The van der Waals surface area contributed by atoms with Crippen LogP contribution >= 0.6 is 0 Å². The van der Waals surface area contributed by atoms with Gasteiger partial charge in [0.05, 0.1) is 7.11 Å². The van der Waals surface area contributed by atoms with Gasteiger partial charge >= 0.3 is 5.97 Å². The zero-order chi connectivity index (χ0) is 9.40. The molecule has 0 radical (unpaired) electrons. The van der Waals surface area contributed by atoms with Crippen molar-refractivity contribution in [2.24, 2.45) is 0 Å². The maximum absolute atomic E-state index is 11.0. The minimum Gasteiger partial charge on any atom is -0.468 e. The average molecular weight is 171 g/mol. The van der Waals surface area contributed by atoms with Gasteiger partial charge in [0.15, 0.2) is 0 Å². The van der Waals surface area contributed by atoms with E-state index < -0.39 is 0 Å². The molecule has 1 unspecified atom stereocenters. The lowest BCUT2D eigenvalue weighted by Crippen LogP contribution is -2.37. The smallest absolute Gasteiger partial charge is 0.322 e. The molecule has 0 aromatic heterocycles. The predicted molar refractivity (Wildman–Crippen MR) is 48.9 cm³/mol. The number of carbonyl (C=O) groups excluding carboxylic acids is 1. The summed E-state index contributed by atoms with van der Waals surface area (Å²) < 4.78 is 4.61. The first kappa shape index (κ1) is 11.2. The van der Waals surface area contributed by atoms with Gasteiger partial charge in [0.1, 0.15) is 6.04 Å². The van der Waals surface area contributed by atoms with Gasteiger partial charge in [0, 0.05) is 0 Å². The van der Waals surface area contributed by atoms with Crippen molar-refractivity contribution in [3.05, 3.63) is 12.7 Å². The van der Waals surface area contributed by atoms with Crippen molar-refractivity contribution in [1.29, 1.82) is 0 Å². The number of esters is 1. The third kappa shape index (κ3) is 4.13. The van der Waals surface area contributed by atoms with Gasteiger partial charge in [0.25, 0.3) is 0 Å². The molecular formula is C9H17NO2. The van der Waals surface area contributed by atoms with Crippen molar-refractivity contribution in [3.63, 3.8) is 0 Å². The Hall–Kier alpha value is -0.830. The highest BCUT2D eigenvalue weighted by atomic mass is 16.5. The number of carbonyl (C=O) groups is 1. The van der Waals surface area contributed by atoms with Gasteiger partial charge in [-0.15, -0.1) is 6.58 Å². The summed E-state index contributed by atoms with van der Waals surface area (Å²) in [6.45, 7) is 6.31. The highest BCUT2D eigenvalue weighted by molar-refractivity contribution is 5.75. The van der Waals surface area contributed by atoms with Crippen LogP contribution in [0.2, 0.25) is 0 Å². The molecule has 0 fully saturated rings. The molecule has 0 aromatic carbocycles. The molecule has 0 aliphatic carbocycles. The molecular weight excluding hydrogens is 154 g/mol. The van der Waals surface area contributed by atoms with Crippen LogP contribution in [0.4, 0.5) is 0 Å². The van der Waals surface area contributed by atoms with Crippen molar-refractivity contribution in [3.8, 4) is 0 Å². The molecule has 0 aliphatic rings. The van der Waals surface area contributed by atoms with Gasteiger partial charge in [-0.2, -0.15) is 0 Å². The number of hydrogen-bond donors (Lipinski definition) is 1. The molecule has 0 bridgehead atoms. The molecule has 0 saturated heterocycles. The maximum atomic E-state index is 11.0. The fraction of sp³-hybridized carbons (Fsp3) is 0.667. The van der Waals surface area contributed by atoms with Crippen LogP contribution in [0.1, 0.15) is 19.8 Å². The minimum atomic E-state index is -0.193. The van der Waals surface area contributed by atoms with E-state index in [-0.39, 0.29) is 12.0 Å². The fourth-order valence-electron chi connectivity index (χ4n) is 0.896. The van der Waals surface area contributed by atoms with E-state index in [2.05, 4.69) is 16.6 Å². The maximum Gasteiger partial charge on any atom is 0.322 e. The van der Waals surface area contributed by atoms with Crippen molar-refractivity contribution in [1.82, 2.24) is 5.32 Å². The van der Waals surface area contributed by atoms with Crippen molar-refractivity contribution >= 4 is 5.97 Å². The molecule has 0 amide bonds. The lowest BCUT2D eigenvalue weighted by Gasteiger charge is -2.13. The number of rotatable bonds is 6. The van der Waals surface area contributed by atoms with E-state index in [0.29, 0.717) is 0 Å². The summed E-state index contributed by atoms with van der Waals surface area (Å²) in [5.41, 5.74) is 0. The summed E-state index contributed by atoms with van der Waals surface area (Å²) in [5.74, 6) is -0.193. The second-order valence-corrected chi connectivity index (χ2v) is 2.52. The predicted octanol–water partition coefficient (Wildman–Crippen LogP) is 1.10. The molecule has 1 atom stereocenters. The van der Waals surface area contributed by atoms with Gasteiger partial charge in [0.2, 0.25) is 0 Å². The lowest BCUT2D eigenvalue weighted by molar-refractivity contribution is -0.143. The number of nitrogens with one attached hydrogen (secondary N) is 1. The van der Waals surface area contributed by atoms with Gasteiger partial charge in [-0.3, -0.25) is 4.79 Å². The standard InChI is InChI=1S/C9H17NO2/c1-4-6-7-10-8(5-2)9(11)12-3/h4,8,10H,1,5-7H2,2-3H3. The van der Waals surface area contributed by atoms with Crippen LogP contribution in [0, 0.1) is 0 Å². The first-order valence-corrected chi connectivity index (χ1v) is 4.18. The van der Waals surface area contributed by atoms with Crippen LogP contribution in [0.3, 0.4) is 0 Å². The van der Waals surface area contributed by atoms with Crippen molar-refractivity contribution in [2.45, 2.75) is 25.8 Å². The van der Waals surface area contributed by atoms with E-state index in [4.69, 9.17) is 0 Å². The fourth-order valence-corrected chi connectivity index (χ4v) is 0.896. The highest BCUT2D eigenvalue weighted by Crippen LogP contribution is 1.93. The van der Waals surface area contributed by atoms with Crippen LogP contribution in [-0.4, -0.2) is 25.7 Å². The largest absolute Gasteiger partial charge is 0.468 e. The quantitative estimate of drug-likeness (QED) is 0.369. The summed E-state index contributed by atoms with van der Waals surface area (Å²) >= 11 is 0. The Kier molecular flexibility index (Phi) is 6.38. The first-order chi connectivity index (χ1) is 5.76. The zero-order valence-electron chi connectivity index (χ0n) is 7.80. The van der Waals surface area contributed by atoms with Crippen LogP contribution in [0.5, 0.6) is 0 Å². The molecule has 0 aromatic rings. The van der Waals surface area contributed by atoms with E-state index in [1.165, 1.54) is 7.11 Å². The molecule has 0 rings (SSSR count). The number of methoxy groups -OCH3 is 1. The van der Waals surface area contributed by atoms with E-state index in [0.717, 1.165) is 19.4 Å². The number of ether oxygens (including phenoxy) is 1. The molecule has 0 aliphatic heterocycles. The van der Waals surface area contributed by atoms with E-state index in [1.807, 2.05) is 13.0 Å². The average Bonchev–Trinajstić information content (AvgIpc) is 2.11. The summed E-state index contributed by atoms with van der Waals surface area (Å²) in [5, 5.41) is 3.08. The summed E-state index contributed by atoms with van der Waals surface area (Å²) in [6.07, 6.45) is 3.44. The molecule has 3 nitrogen and oxygen atoms in total. The zero-order valence-corrected chi connectivity index (χ0v) is 7.80. The van der Waals surface area contributed by atoms with Gasteiger partial charge in [-0.05, 0) is 19.4 Å². The third-order valence-electron chi connectivity index (χ3n) is 1.63. The Balaban J connectivity index is 3.66. The van der Waals surface area contributed by atoms with Gasteiger partial charge in [-0.1, -0.05) is 13.0 Å². The highest BCUT2D eigenvalue weighted by Gasteiger charge is 2.14. The third-order valence-corrected chi connectivity index (χ3v) is 1.63. The lowest BCUT2D eigenvalue weighted by atomic mass is 10.2. The number of hydrogen-bond acceptors (Lipinski definition) is 3. The Labute approximate surface area is 73.8 Å². The van der Waals surface area contributed by atoms with Crippen molar-refractivity contribution < 1.29 is 9.53 Å². The molecule has 3 heteroatoms.